The van der Waals surface area contributed by atoms with Gasteiger partial charge < -0.3 is 20.5 Å². The summed E-state index contributed by atoms with van der Waals surface area (Å²) < 4.78 is 5.31. The highest BCUT2D eigenvalue weighted by atomic mass is 127. The molecule has 130 valence electrons. The minimum Gasteiger partial charge on any atom is -0.388 e. The molecule has 0 bridgehead atoms. The van der Waals surface area contributed by atoms with Gasteiger partial charge in [0.1, 0.15) is 0 Å². The zero-order valence-corrected chi connectivity index (χ0v) is 16.8. The number of thioether (sulfide) groups is 1. The number of halogens is 1. The van der Waals surface area contributed by atoms with Gasteiger partial charge in [0.15, 0.2) is 5.96 Å². The first-order valence-corrected chi connectivity index (χ1v) is 9.32. The molecule has 1 aliphatic heterocycles. The van der Waals surface area contributed by atoms with Gasteiger partial charge in [-0.25, -0.2) is 0 Å². The standard InChI is InChI=1S/C15H29N3O2S.HI/c1-3-16-14(18-12-4-5-13(10-12)21-2)17-11-15(19)6-8-20-9-7-15;/h12-13,19H,3-11H2,1-2H3,(H2,16,17,18);1H. The van der Waals surface area contributed by atoms with Crippen molar-refractivity contribution in [3.05, 3.63) is 0 Å². The van der Waals surface area contributed by atoms with Crippen LogP contribution >= 0.6 is 35.7 Å². The molecule has 2 aliphatic rings. The van der Waals surface area contributed by atoms with Crippen LogP contribution < -0.4 is 10.6 Å². The van der Waals surface area contributed by atoms with E-state index in [1.165, 1.54) is 19.3 Å². The zero-order chi connectivity index (χ0) is 15.1. The molecule has 0 amide bonds. The highest BCUT2D eigenvalue weighted by Gasteiger charge is 2.30. The smallest absolute Gasteiger partial charge is 0.191 e. The molecule has 2 fully saturated rings. The van der Waals surface area contributed by atoms with E-state index in [0.717, 1.165) is 17.8 Å². The number of hydrogen-bond acceptors (Lipinski definition) is 4. The molecule has 5 nitrogen and oxygen atoms in total. The Morgan fingerprint density at radius 3 is 2.68 bits per heavy atom. The first kappa shape index (κ1) is 20.3. The van der Waals surface area contributed by atoms with Crippen LogP contribution in [0.3, 0.4) is 0 Å². The Bertz CT molecular complexity index is 352. The van der Waals surface area contributed by atoms with Crippen molar-refractivity contribution in [3.63, 3.8) is 0 Å². The van der Waals surface area contributed by atoms with Crippen LogP contribution in [-0.4, -0.2) is 60.5 Å². The van der Waals surface area contributed by atoms with Gasteiger partial charge in [0, 0.05) is 43.9 Å². The van der Waals surface area contributed by atoms with Crippen LogP contribution in [0.25, 0.3) is 0 Å². The van der Waals surface area contributed by atoms with Gasteiger partial charge in [-0.1, -0.05) is 0 Å². The number of rotatable bonds is 5. The van der Waals surface area contributed by atoms with Crippen molar-refractivity contribution in [3.8, 4) is 0 Å². The maximum Gasteiger partial charge on any atom is 0.191 e. The normalized spacial score (nSPS) is 28.0. The Morgan fingerprint density at radius 1 is 1.36 bits per heavy atom. The Hall–Kier alpha value is 0.270. The second kappa shape index (κ2) is 10.2. The highest BCUT2D eigenvalue weighted by molar-refractivity contribution is 14.0. The molecule has 0 aromatic carbocycles. The number of guanidine groups is 1. The summed E-state index contributed by atoms with van der Waals surface area (Å²) in [7, 11) is 0. The van der Waals surface area contributed by atoms with Gasteiger partial charge in [-0.3, -0.25) is 4.99 Å². The van der Waals surface area contributed by atoms with Gasteiger partial charge in [0.2, 0.25) is 0 Å². The largest absolute Gasteiger partial charge is 0.388 e. The lowest BCUT2D eigenvalue weighted by atomic mass is 9.95. The zero-order valence-electron chi connectivity index (χ0n) is 13.6. The predicted molar refractivity (Wildman–Crippen MR) is 104 cm³/mol. The molecule has 2 unspecified atom stereocenters. The quantitative estimate of drug-likeness (QED) is 0.345. The summed E-state index contributed by atoms with van der Waals surface area (Å²) in [6, 6.07) is 0.504. The lowest BCUT2D eigenvalue weighted by Gasteiger charge is -2.30. The molecule has 0 aromatic rings. The minimum atomic E-state index is -0.696. The van der Waals surface area contributed by atoms with Crippen molar-refractivity contribution in [2.75, 3.05) is 32.6 Å². The van der Waals surface area contributed by atoms with E-state index in [-0.39, 0.29) is 24.0 Å². The number of aliphatic imine (C=N–C) groups is 1. The Kier molecular flexibility index (Phi) is 9.42. The molecule has 0 aromatic heterocycles. The van der Waals surface area contributed by atoms with Crippen molar-refractivity contribution in [2.24, 2.45) is 4.99 Å². The summed E-state index contributed by atoms with van der Waals surface area (Å²) in [6.45, 7) is 4.62. The van der Waals surface area contributed by atoms with E-state index >= 15 is 0 Å². The van der Waals surface area contributed by atoms with Crippen LogP contribution in [0.2, 0.25) is 0 Å². The predicted octanol–water partition coefficient (Wildman–Crippen LogP) is 1.99. The summed E-state index contributed by atoms with van der Waals surface area (Å²) in [5.74, 6) is 0.837. The van der Waals surface area contributed by atoms with Crippen LogP contribution in [0, 0.1) is 0 Å². The van der Waals surface area contributed by atoms with Crippen LogP contribution in [0.4, 0.5) is 0 Å². The lowest BCUT2D eigenvalue weighted by Crippen LogP contribution is -2.45. The summed E-state index contributed by atoms with van der Waals surface area (Å²) in [5, 5.41) is 18.1. The number of hydrogen-bond donors (Lipinski definition) is 3. The van der Waals surface area contributed by atoms with Crippen LogP contribution in [0.5, 0.6) is 0 Å². The van der Waals surface area contributed by atoms with E-state index < -0.39 is 5.60 Å². The topological polar surface area (TPSA) is 65.9 Å². The van der Waals surface area contributed by atoms with Crippen molar-refractivity contribution in [2.45, 2.75) is 55.9 Å². The van der Waals surface area contributed by atoms with Crippen LogP contribution in [0.1, 0.15) is 39.0 Å². The third kappa shape index (κ3) is 6.41. The third-order valence-corrected chi connectivity index (χ3v) is 5.45. The van der Waals surface area contributed by atoms with Gasteiger partial charge in [-0.15, -0.1) is 24.0 Å². The molecule has 2 rings (SSSR count). The van der Waals surface area contributed by atoms with Gasteiger partial charge in [-0.2, -0.15) is 11.8 Å². The molecule has 7 heteroatoms. The third-order valence-electron chi connectivity index (χ3n) is 4.36. The van der Waals surface area contributed by atoms with E-state index in [2.05, 4.69) is 28.8 Å². The molecular weight excluding hydrogens is 413 g/mol. The van der Waals surface area contributed by atoms with Crippen molar-refractivity contribution >= 4 is 41.7 Å². The molecule has 1 heterocycles. The van der Waals surface area contributed by atoms with E-state index in [0.29, 0.717) is 38.6 Å². The number of ether oxygens (including phenoxy) is 1. The molecule has 2 atom stereocenters. The Labute approximate surface area is 155 Å². The number of nitrogens with one attached hydrogen (secondary N) is 2. The Morgan fingerprint density at radius 2 is 2.09 bits per heavy atom. The fraction of sp³-hybridized carbons (Fsp3) is 0.933. The summed E-state index contributed by atoms with van der Waals surface area (Å²) in [5.41, 5.74) is -0.696. The van der Waals surface area contributed by atoms with Crippen molar-refractivity contribution in [1.82, 2.24) is 10.6 Å². The maximum absolute atomic E-state index is 10.5. The van der Waals surface area contributed by atoms with E-state index in [1.54, 1.807) is 0 Å². The van der Waals surface area contributed by atoms with Gasteiger partial charge >= 0.3 is 0 Å². The maximum atomic E-state index is 10.5. The van der Waals surface area contributed by atoms with Crippen LogP contribution in [0.15, 0.2) is 4.99 Å². The number of nitrogens with zero attached hydrogens (tertiary/aromatic N) is 1. The van der Waals surface area contributed by atoms with E-state index in [4.69, 9.17) is 4.74 Å². The molecule has 1 saturated heterocycles. The van der Waals surface area contributed by atoms with E-state index in [9.17, 15) is 5.11 Å². The van der Waals surface area contributed by atoms with Crippen LogP contribution in [-0.2, 0) is 4.74 Å². The second-order valence-corrected chi connectivity index (χ2v) is 7.18. The Balaban J connectivity index is 0.00000242. The van der Waals surface area contributed by atoms with Gasteiger partial charge in [-0.05, 0) is 32.4 Å². The van der Waals surface area contributed by atoms with Gasteiger partial charge in [0.05, 0.1) is 12.1 Å². The summed E-state index contributed by atoms with van der Waals surface area (Å²) in [4.78, 5) is 4.61. The molecule has 1 aliphatic carbocycles. The molecule has 3 N–H and O–H groups in total. The average Bonchev–Trinajstić information content (AvgIpc) is 2.94. The first-order valence-electron chi connectivity index (χ1n) is 8.03. The summed E-state index contributed by atoms with van der Waals surface area (Å²) in [6.07, 6.45) is 7.21. The average molecular weight is 443 g/mol. The molecule has 1 saturated carbocycles. The summed E-state index contributed by atoms with van der Waals surface area (Å²) >= 11 is 1.96. The SMILES string of the molecule is CCNC(=NCC1(O)CCOCC1)NC1CCC(SC)C1.I. The molecular formula is C15H30IN3O2S. The first-order chi connectivity index (χ1) is 10.1. The van der Waals surface area contributed by atoms with Crippen molar-refractivity contribution in [1.29, 1.82) is 0 Å². The molecule has 0 radical (unpaired) electrons. The van der Waals surface area contributed by atoms with Crippen molar-refractivity contribution < 1.29 is 9.84 Å². The molecule has 22 heavy (non-hydrogen) atoms. The monoisotopic (exact) mass is 443 g/mol. The number of aliphatic hydroxyl groups is 1. The fourth-order valence-corrected chi connectivity index (χ4v) is 3.73. The van der Waals surface area contributed by atoms with Gasteiger partial charge in [0.25, 0.3) is 0 Å². The second-order valence-electron chi connectivity index (χ2n) is 6.04. The molecule has 0 spiro atoms. The highest BCUT2D eigenvalue weighted by Crippen LogP contribution is 2.28. The lowest BCUT2D eigenvalue weighted by molar-refractivity contribution is -0.0566. The fourth-order valence-electron chi connectivity index (χ4n) is 2.93. The minimum absolute atomic E-state index is 0. The van der Waals surface area contributed by atoms with E-state index in [1.807, 2.05) is 11.8 Å².